The number of amides is 1. The number of carboxylic acids is 1. The Balaban J connectivity index is 1.58. The number of nitrogens with zero attached hydrogens (tertiary/aromatic N) is 4. The third-order valence-corrected chi connectivity index (χ3v) is 7.18. The lowest BCUT2D eigenvalue weighted by Gasteiger charge is -2.20. The van der Waals surface area contributed by atoms with Crippen molar-refractivity contribution in [2.75, 3.05) is 0 Å². The number of carboxylic acid groups (broad SMARTS) is 1. The molecule has 0 saturated heterocycles. The number of para-hydroxylation sites is 1. The summed E-state index contributed by atoms with van der Waals surface area (Å²) in [4.78, 5) is 29.4. The smallest absolute Gasteiger partial charge is 0.303 e. The van der Waals surface area contributed by atoms with E-state index in [-0.39, 0.29) is 30.0 Å². The maximum Gasteiger partial charge on any atom is 0.303 e. The first-order valence-corrected chi connectivity index (χ1v) is 12.8. The third kappa shape index (κ3) is 5.15. The summed E-state index contributed by atoms with van der Waals surface area (Å²) in [6.07, 6.45) is -0.113. The van der Waals surface area contributed by atoms with Crippen molar-refractivity contribution in [1.82, 2.24) is 20.1 Å². The monoisotopic (exact) mass is 567 g/mol. The Bertz CT molecular complexity index is 1580. The zero-order valence-electron chi connectivity index (χ0n) is 19.7. The average Bonchev–Trinajstić information content (AvgIpc) is 3.25. The van der Waals surface area contributed by atoms with E-state index in [1.807, 2.05) is 47.0 Å². The second kappa shape index (κ2) is 10.9. The molecule has 192 valence electrons. The first-order valence-electron chi connectivity index (χ1n) is 11.6. The number of carbonyl (C=O) groups excluding carboxylic acids is 1. The Labute approximate surface area is 232 Å². The normalized spacial score (nSPS) is 13.1. The van der Waals surface area contributed by atoms with Crippen LogP contribution in [-0.4, -0.2) is 37.5 Å². The number of benzene rings is 3. The van der Waals surface area contributed by atoms with Crippen LogP contribution in [0, 0.1) is 0 Å². The number of aliphatic imine (C=N–C) groups is 1. The molecule has 5 rings (SSSR count). The van der Waals surface area contributed by atoms with Gasteiger partial charge in [-0.2, -0.15) is 0 Å². The van der Waals surface area contributed by atoms with E-state index in [0.717, 1.165) is 16.8 Å². The molecule has 1 amide bonds. The van der Waals surface area contributed by atoms with Crippen molar-refractivity contribution in [3.63, 3.8) is 0 Å². The standard InChI is InChI=1S/C27H20Cl3N5O3/c28-18-7-3-1-5-16(18)25-17-6-2-4-8-22(17)35-23(14-31-25)33-34-26(35)21(11-12-24(36)37)32-27(38)15-9-10-19(29)20(30)13-15/h1-10,13,21H,11-12,14H2,(H,32,38)(H,36,37)/t21-/m1/s1. The van der Waals surface area contributed by atoms with Gasteiger partial charge in [0, 0.05) is 28.1 Å². The summed E-state index contributed by atoms with van der Waals surface area (Å²) >= 11 is 18.6. The molecule has 1 aliphatic heterocycles. The maximum absolute atomic E-state index is 13.2. The number of rotatable bonds is 7. The van der Waals surface area contributed by atoms with Crippen LogP contribution in [0.25, 0.3) is 5.69 Å². The predicted molar refractivity (Wildman–Crippen MR) is 146 cm³/mol. The molecule has 0 spiro atoms. The molecule has 0 aliphatic carbocycles. The Morgan fingerprint density at radius 2 is 1.66 bits per heavy atom. The van der Waals surface area contributed by atoms with Crippen LogP contribution in [-0.2, 0) is 11.3 Å². The molecule has 0 unspecified atom stereocenters. The van der Waals surface area contributed by atoms with E-state index in [0.29, 0.717) is 27.4 Å². The number of carbonyl (C=O) groups is 2. The Hall–Kier alpha value is -3.72. The topological polar surface area (TPSA) is 109 Å². The van der Waals surface area contributed by atoms with Crippen molar-refractivity contribution in [3.05, 3.63) is 110 Å². The lowest BCUT2D eigenvalue weighted by atomic mass is 10.00. The first kappa shape index (κ1) is 25.9. The number of nitrogens with one attached hydrogen (secondary N) is 1. The van der Waals surface area contributed by atoms with Gasteiger partial charge in [-0.1, -0.05) is 71.2 Å². The van der Waals surface area contributed by atoms with Crippen molar-refractivity contribution in [1.29, 1.82) is 0 Å². The van der Waals surface area contributed by atoms with E-state index >= 15 is 0 Å². The van der Waals surface area contributed by atoms with E-state index in [1.54, 1.807) is 12.1 Å². The number of fused-ring (bicyclic) bond motifs is 3. The number of aromatic nitrogens is 3. The van der Waals surface area contributed by atoms with Gasteiger partial charge in [-0.15, -0.1) is 10.2 Å². The van der Waals surface area contributed by atoms with Crippen molar-refractivity contribution in [2.24, 2.45) is 4.99 Å². The van der Waals surface area contributed by atoms with Crippen LogP contribution < -0.4 is 5.32 Å². The Kier molecular flexibility index (Phi) is 7.46. The highest BCUT2D eigenvalue weighted by atomic mass is 35.5. The van der Waals surface area contributed by atoms with Gasteiger partial charge in [0.15, 0.2) is 11.6 Å². The molecule has 3 aromatic carbocycles. The van der Waals surface area contributed by atoms with Gasteiger partial charge in [0.2, 0.25) is 0 Å². The molecular weight excluding hydrogens is 549 g/mol. The highest BCUT2D eigenvalue weighted by Gasteiger charge is 2.29. The highest BCUT2D eigenvalue weighted by molar-refractivity contribution is 6.42. The minimum Gasteiger partial charge on any atom is -0.481 e. The summed E-state index contributed by atoms with van der Waals surface area (Å²) in [7, 11) is 0. The van der Waals surface area contributed by atoms with Crippen LogP contribution in [0.2, 0.25) is 15.1 Å². The van der Waals surface area contributed by atoms with E-state index < -0.39 is 17.9 Å². The molecular formula is C27H20Cl3N5O3. The molecule has 1 aliphatic rings. The number of aliphatic carboxylic acids is 1. The average molecular weight is 569 g/mol. The molecule has 38 heavy (non-hydrogen) atoms. The number of halogens is 3. The van der Waals surface area contributed by atoms with Crippen molar-refractivity contribution in [3.8, 4) is 5.69 Å². The summed E-state index contributed by atoms with van der Waals surface area (Å²) in [5.41, 5.74) is 3.29. The fourth-order valence-corrected chi connectivity index (χ4v) is 4.84. The molecule has 1 atom stereocenters. The van der Waals surface area contributed by atoms with Crippen LogP contribution in [0.5, 0.6) is 0 Å². The fraction of sp³-hybridized carbons (Fsp3) is 0.148. The minimum atomic E-state index is -1.00. The Morgan fingerprint density at radius 3 is 2.39 bits per heavy atom. The van der Waals surface area contributed by atoms with Gasteiger partial charge in [-0.25, -0.2) is 0 Å². The molecule has 4 aromatic rings. The fourth-order valence-electron chi connectivity index (χ4n) is 4.32. The minimum absolute atomic E-state index is 0.0842. The molecule has 0 bridgehead atoms. The highest BCUT2D eigenvalue weighted by Crippen LogP contribution is 2.31. The molecule has 0 fully saturated rings. The number of hydrogen-bond acceptors (Lipinski definition) is 5. The lowest BCUT2D eigenvalue weighted by Crippen LogP contribution is -2.31. The van der Waals surface area contributed by atoms with Crippen molar-refractivity contribution >= 4 is 52.4 Å². The van der Waals surface area contributed by atoms with Gasteiger partial charge in [-0.05, 0) is 36.8 Å². The quantitative estimate of drug-likeness (QED) is 0.288. The lowest BCUT2D eigenvalue weighted by molar-refractivity contribution is -0.137. The summed E-state index contributed by atoms with van der Waals surface area (Å²) < 4.78 is 1.82. The van der Waals surface area contributed by atoms with Gasteiger partial charge in [0.25, 0.3) is 5.91 Å². The molecule has 8 nitrogen and oxygen atoms in total. The van der Waals surface area contributed by atoms with Crippen LogP contribution >= 0.6 is 34.8 Å². The van der Waals surface area contributed by atoms with Crippen LogP contribution in [0.1, 0.15) is 52.0 Å². The van der Waals surface area contributed by atoms with E-state index in [1.165, 1.54) is 12.1 Å². The number of hydrogen-bond donors (Lipinski definition) is 2. The summed E-state index contributed by atoms with van der Waals surface area (Å²) in [6.45, 7) is 0.203. The van der Waals surface area contributed by atoms with Gasteiger partial charge in [-0.3, -0.25) is 19.1 Å². The van der Waals surface area contributed by atoms with Crippen LogP contribution in [0.4, 0.5) is 0 Å². The van der Waals surface area contributed by atoms with Crippen molar-refractivity contribution < 1.29 is 14.7 Å². The van der Waals surface area contributed by atoms with Crippen molar-refractivity contribution in [2.45, 2.75) is 25.4 Å². The van der Waals surface area contributed by atoms with Gasteiger partial charge in [0.05, 0.1) is 27.5 Å². The molecule has 11 heteroatoms. The molecule has 2 heterocycles. The van der Waals surface area contributed by atoms with Gasteiger partial charge >= 0.3 is 5.97 Å². The van der Waals surface area contributed by atoms with Gasteiger partial charge < -0.3 is 10.4 Å². The second-order valence-corrected chi connectivity index (χ2v) is 9.78. The Morgan fingerprint density at radius 1 is 0.921 bits per heavy atom. The summed E-state index contributed by atoms with van der Waals surface area (Å²) in [5.74, 6) is -0.526. The second-order valence-electron chi connectivity index (χ2n) is 8.56. The molecule has 2 N–H and O–H groups in total. The molecule has 0 saturated carbocycles. The SMILES string of the molecule is O=C(O)CC[C@@H](NC(=O)c1ccc(Cl)c(Cl)c1)c1nnc2n1-c1ccccc1C(c1ccccc1Cl)=NC2. The zero-order chi connectivity index (χ0) is 26.8. The maximum atomic E-state index is 13.2. The van der Waals surface area contributed by atoms with Gasteiger partial charge in [0.1, 0.15) is 6.54 Å². The molecule has 0 radical (unpaired) electrons. The van der Waals surface area contributed by atoms with E-state index in [2.05, 4.69) is 15.5 Å². The summed E-state index contributed by atoms with van der Waals surface area (Å²) in [6, 6.07) is 18.8. The van der Waals surface area contributed by atoms with E-state index in [4.69, 9.17) is 39.8 Å². The van der Waals surface area contributed by atoms with E-state index in [9.17, 15) is 14.7 Å². The molecule has 1 aromatic heterocycles. The van der Waals surface area contributed by atoms with Crippen LogP contribution in [0.15, 0.2) is 71.7 Å². The third-order valence-electron chi connectivity index (χ3n) is 6.11. The summed E-state index contributed by atoms with van der Waals surface area (Å²) in [5, 5.41) is 22.1. The zero-order valence-corrected chi connectivity index (χ0v) is 22.0. The van der Waals surface area contributed by atoms with Crippen LogP contribution in [0.3, 0.4) is 0 Å². The largest absolute Gasteiger partial charge is 0.481 e. The first-order chi connectivity index (χ1) is 18.3. The predicted octanol–water partition coefficient (Wildman–Crippen LogP) is 5.91.